The SMILES string of the molecule is C=C(C)COC(=O)c1ccc(C(=O)OCC(=C)C)c(C(=O)OCC(=C)C)c1C(=O)OCC(=C)C. The summed E-state index contributed by atoms with van der Waals surface area (Å²) in [6.07, 6.45) is 0. The lowest BCUT2D eigenvalue weighted by atomic mass is 9.95. The Hall–Kier alpha value is -3.94. The molecule has 34 heavy (non-hydrogen) atoms. The van der Waals surface area contributed by atoms with E-state index in [1.165, 1.54) is 12.1 Å². The van der Waals surface area contributed by atoms with Gasteiger partial charge in [-0.3, -0.25) is 0 Å². The summed E-state index contributed by atoms with van der Waals surface area (Å²) in [7, 11) is 0. The molecule has 0 spiro atoms. The van der Waals surface area contributed by atoms with Gasteiger partial charge >= 0.3 is 23.9 Å². The second-order valence-corrected chi connectivity index (χ2v) is 8.04. The fourth-order valence-electron chi connectivity index (χ4n) is 2.42. The van der Waals surface area contributed by atoms with E-state index in [-0.39, 0.29) is 37.6 Å². The Kier molecular flexibility index (Phi) is 10.7. The van der Waals surface area contributed by atoms with Crippen LogP contribution in [0.25, 0.3) is 0 Å². The minimum absolute atomic E-state index is 0.114. The molecule has 0 atom stereocenters. The molecular weight excluding hydrogens is 440 g/mol. The Balaban J connectivity index is 3.73. The van der Waals surface area contributed by atoms with Gasteiger partial charge in [0, 0.05) is 0 Å². The first kappa shape index (κ1) is 28.1. The molecule has 0 saturated carbocycles. The van der Waals surface area contributed by atoms with E-state index in [4.69, 9.17) is 18.9 Å². The molecule has 0 bridgehead atoms. The van der Waals surface area contributed by atoms with E-state index in [1.54, 1.807) is 27.7 Å². The molecule has 0 aliphatic heterocycles. The largest absolute Gasteiger partial charge is 0.458 e. The van der Waals surface area contributed by atoms with Gasteiger partial charge in [-0.05, 0) is 62.1 Å². The Morgan fingerprint density at radius 1 is 0.529 bits per heavy atom. The summed E-state index contributed by atoms with van der Waals surface area (Å²) < 4.78 is 20.7. The number of carbonyl (C=O) groups excluding carboxylic acids is 4. The molecule has 0 saturated heterocycles. The number of hydrogen-bond acceptors (Lipinski definition) is 8. The molecule has 1 rings (SSSR count). The minimum Gasteiger partial charge on any atom is -0.458 e. The van der Waals surface area contributed by atoms with Crippen molar-refractivity contribution < 1.29 is 38.1 Å². The number of carbonyl (C=O) groups is 4. The Morgan fingerprint density at radius 2 is 0.765 bits per heavy atom. The predicted molar refractivity (Wildman–Crippen MR) is 127 cm³/mol. The highest BCUT2D eigenvalue weighted by Crippen LogP contribution is 2.25. The molecule has 182 valence electrons. The molecule has 0 N–H and O–H groups in total. The molecule has 0 aliphatic carbocycles. The van der Waals surface area contributed by atoms with Crippen LogP contribution in [0.3, 0.4) is 0 Å². The van der Waals surface area contributed by atoms with Crippen LogP contribution in [0.2, 0.25) is 0 Å². The fraction of sp³-hybridized carbons (Fsp3) is 0.308. The maximum atomic E-state index is 13.0. The number of ether oxygens (including phenoxy) is 4. The van der Waals surface area contributed by atoms with E-state index >= 15 is 0 Å². The lowest BCUT2D eigenvalue weighted by Crippen LogP contribution is -2.24. The molecule has 0 radical (unpaired) electrons. The third-order valence-corrected chi connectivity index (χ3v) is 3.85. The molecule has 0 fully saturated rings. The van der Waals surface area contributed by atoms with E-state index in [1.807, 2.05) is 0 Å². The van der Waals surface area contributed by atoms with E-state index in [9.17, 15) is 19.2 Å². The third-order valence-electron chi connectivity index (χ3n) is 3.85. The van der Waals surface area contributed by atoms with Crippen molar-refractivity contribution in [3.63, 3.8) is 0 Å². The molecule has 1 aromatic carbocycles. The van der Waals surface area contributed by atoms with Crippen molar-refractivity contribution in [3.05, 3.63) is 83.0 Å². The summed E-state index contributed by atoms with van der Waals surface area (Å²) in [6.45, 7) is 20.6. The summed E-state index contributed by atoms with van der Waals surface area (Å²) in [5, 5.41) is 0. The van der Waals surface area contributed by atoms with Gasteiger partial charge in [-0.25, -0.2) is 19.2 Å². The monoisotopic (exact) mass is 470 g/mol. The Bertz CT molecular complexity index is 962. The highest BCUT2D eigenvalue weighted by molar-refractivity contribution is 6.15. The quantitative estimate of drug-likeness (QED) is 0.248. The minimum atomic E-state index is -1.04. The third kappa shape index (κ3) is 8.54. The van der Waals surface area contributed by atoms with Gasteiger partial charge in [0.1, 0.15) is 26.4 Å². The van der Waals surface area contributed by atoms with Crippen molar-refractivity contribution >= 4 is 23.9 Å². The molecule has 1 aromatic rings. The van der Waals surface area contributed by atoms with Gasteiger partial charge in [0.2, 0.25) is 0 Å². The number of benzene rings is 1. The van der Waals surface area contributed by atoms with E-state index in [2.05, 4.69) is 26.3 Å². The molecule has 0 aliphatic rings. The zero-order valence-corrected chi connectivity index (χ0v) is 20.1. The molecular formula is C26H30O8. The molecule has 8 heteroatoms. The highest BCUT2D eigenvalue weighted by Gasteiger charge is 2.33. The summed E-state index contributed by atoms with van der Waals surface area (Å²) in [4.78, 5) is 51.6. The maximum absolute atomic E-state index is 13.0. The average molecular weight is 471 g/mol. The van der Waals surface area contributed by atoms with Crippen molar-refractivity contribution in [2.24, 2.45) is 0 Å². The summed E-state index contributed by atoms with van der Waals surface area (Å²) in [6, 6.07) is 2.37. The van der Waals surface area contributed by atoms with Crippen molar-refractivity contribution in [3.8, 4) is 0 Å². The van der Waals surface area contributed by atoms with Gasteiger partial charge in [-0.15, -0.1) is 0 Å². The van der Waals surface area contributed by atoms with Crippen LogP contribution in [-0.4, -0.2) is 50.3 Å². The lowest BCUT2D eigenvalue weighted by molar-refractivity contribution is 0.0459. The van der Waals surface area contributed by atoms with Crippen molar-refractivity contribution in [2.75, 3.05) is 26.4 Å². The van der Waals surface area contributed by atoms with E-state index in [0.717, 1.165) is 0 Å². The van der Waals surface area contributed by atoms with Crippen molar-refractivity contribution in [1.29, 1.82) is 0 Å². The summed E-state index contributed by atoms with van der Waals surface area (Å²) >= 11 is 0. The van der Waals surface area contributed by atoms with Crippen LogP contribution in [0.5, 0.6) is 0 Å². The molecule has 0 aromatic heterocycles. The van der Waals surface area contributed by atoms with Crippen LogP contribution < -0.4 is 0 Å². The predicted octanol–water partition coefficient (Wildman–Crippen LogP) is 4.62. The smallest absolute Gasteiger partial charge is 0.340 e. The topological polar surface area (TPSA) is 105 Å². The fourth-order valence-corrected chi connectivity index (χ4v) is 2.42. The summed E-state index contributed by atoms with van der Waals surface area (Å²) in [5.74, 6) is -3.91. The van der Waals surface area contributed by atoms with Crippen molar-refractivity contribution in [2.45, 2.75) is 27.7 Å². The number of esters is 4. The Labute approximate surface area is 199 Å². The van der Waals surface area contributed by atoms with Crippen LogP contribution in [0.4, 0.5) is 0 Å². The van der Waals surface area contributed by atoms with Gasteiger partial charge < -0.3 is 18.9 Å². The number of hydrogen-bond donors (Lipinski definition) is 0. The van der Waals surface area contributed by atoms with Crippen LogP contribution in [0.15, 0.2) is 60.7 Å². The zero-order chi connectivity index (χ0) is 26.0. The van der Waals surface area contributed by atoms with Crippen LogP contribution >= 0.6 is 0 Å². The van der Waals surface area contributed by atoms with Crippen LogP contribution in [0, 0.1) is 0 Å². The first-order valence-electron chi connectivity index (χ1n) is 10.3. The Morgan fingerprint density at radius 3 is 1.00 bits per heavy atom. The van der Waals surface area contributed by atoms with E-state index < -0.39 is 35.0 Å². The van der Waals surface area contributed by atoms with Gasteiger partial charge in [0.05, 0.1) is 22.3 Å². The average Bonchev–Trinajstić information content (AvgIpc) is 2.76. The van der Waals surface area contributed by atoms with Gasteiger partial charge in [0.15, 0.2) is 0 Å². The second-order valence-electron chi connectivity index (χ2n) is 8.04. The molecule has 8 nitrogen and oxygen atoms in total. The summed E-state index contributed by atoms with van der Waals surface area (Å²) in [5.41, 5.74) is 0.611. The first-order chi connectivity index (χ1) is 15.8. The second kappa shape index (κ2) is 12.9. The molecule has 0 unspecified atom stereocenters. The van der Waals surface area contributed by atoms with E-state index in [0.29, 0.717) is 22.3 Å². The maximum Gasteiger partial charge on any atom is 0.340 e. The van der Waals surface area contributed by atoms with Gasteiger partial charge in [-0.2, -0.15) is 0 Å². The first-order valence-corrected chi connectivity index (χ1v) is 10.3. The van der Waals surface area contributed by atoms with Crippen LogP contribution in [-0.2, 0) is 18.9 Å². The van der Waals surface area contributed by atoms with Crippen LogP contribution in [0.1, 0.15) is 69.1 Å². The normalized spacial score (nSPS) is 10.0. The van der Waals surface area contributed by atoms with Gasteiger partial charge in [0.25, 0.3) is 0 Å². The standard InChI is InChI=1S/C26H30O8/c1-15(2)11-31-23(27)19-9-10-20(24(28)32-12-16(3)4)22(26(30)34-14-18(7)8)21(19)25(29)33-13-17(5)6/h9-10H,1,3,5,7,11-14H2,2,4,6,8H3. The van der Waals surface area contributed by atoms with Gasteiger partial charge in [-0.1, -0.05) is 26.3 Å². The number of rotatable bonds is 12. The lowest BCUT2D eigenvalue weighted by Gasteiger charge is -2.17. The zero-order valence-electron chi connectivity index (χ0n) is 20.1. The highest BCUT2D eigenvalue weighted by atomic mass is 16.5. The molecule has 0 heterocycles. The van der Waals surface area contributed by atoms with Crippen molar-refractivity contribution in [1.82, 2.24) is 0 Å². The molecule has 0 amide bonds.